The summed E-state index contributed by atoms with van der Waals surface area (Å²) in [7, 11) is 1.39. The van der Waals surface area contributed by atoms with Gasteiger partial charge in [-0.3, -0.25) is 19.7 Å². The first-order valence-corrected chi connectivity index (χ1v) is 11.0. The smallest absolute Gasteiger partial charge is 0.296 e. The summed E-state index contributed by atoms with van der Waals surface area (Å²) in [5.74, 6) is -0.556. The topological polar surface area (TPSA) is 140 Å². The van der Waals surface area contributed by atoms with Gasteiger partial charge in [-0.2, -0.15) is 5.10 Å². The Kier molecular flexibility index (Phi) is 20.2. The third-order valence-electron chi connectivity index (χ3n) is 3.55. The molecule has 0 bridgehead atoms. The Morgan fingerprint density at radius 1 is 1.08 bits per heavy atom. The number of thiophene rings is 1. The van der Waals surface area contributed by atoms with Gasteiger partial charge in [-0.1, -0.05) is 29.0 Å². The average molecular weight is 535 g/mol. The number of amides is 2. The maximum atomic E-state index is 12.1. The van der Waals surface area contributed by atoms with Crippen molar-refractivity contribution in [1.82, 2.24) is 5.43 Å². The van der Waals surface area contributed by atoms with Crippen LogP contribution in [0.1, 0.15) is 23.0 Å². The molecule has 0 saturated heterocycles. The molecule has 2 N–H and O–H groups in total. The predicted molar refractivity (Wildman–Crippen MR) is 148 cm³/mol. The molecule has 0 aliphatic carbocycles. The van der Waals surface area contributed by atoms with E-state index in [0.29, 0.717) is 16.3 Å². The van der Waals surface area contributed by atoms with Gasteiger partial charge in [0.1, 0.15) is 18.2 Å². The molecular weight excluding hydrogens is 508 g/mol. The number of methoxy groups -OCH3 is 1. The van der Waals surface area contributed by atoms with Crippen molar-refractivity contribution in [2.24, 2.45) is 5.10 Å². The summed E-state index contributed by atoms with van der Waals surface area (Å²) in [4.78, 5) is 42.8. The van der Waals surface area contributed by atoms with E-state index < -0.39 is 10.8 Å². The number of nitrogens with zero attached hydrogens (tertiary/aromatic N) is 2. The number of rotatable bonds is 7. The fourth-order valence-electron chi connectivity index (χ4n) is 2.06. The Morgan fingerprint density at radius 3 is 2.13 bits per heavy atom. The van der Waals surface area contributed by atoms with Crippen LogP contribution >= 0.6 is 11.3 Å². The zero-order valence-corrected chi connectivity index (χ0v) is 21.8. The molecule has 10 nitrogen and oxygen atoms in total. The lowest BCUT2D eigenvalue weighted by Gasteiger charge is -2.07. The Bertz CT molecular complexity index is 1300. The summed E-state index contributed by atoms with van der Waals surface area (Å²) in [5.41, 5.74) is 16.7. The van der Waals surface area contributed by atoms with Crippen molar-refractivity contribution in [3.63, 3.8) is 0 Å². The molecule has 0 spiro atoms. The Hall–Kier alpha value is -5.44. The number of carbonyl (C=O) groups is 3. The van der Waals surface area contributed by atoms with E-state index >= 15 is 0 Å². The van der Waals surface area contributed by atoms with Crippen LogP contribution in [0.25, 0.3) is 0 Å². The van der Waals surface area contributed by atoms with E-state index in [1.807, 2.05) is 6.79 Å². The van der Waals surface area contributed by atoms with Crippen LogP contribution < -0.4 is 15.5 Å². The second-order valence-corrected chi connectivity index (χ2v) is 7.04. The van der Waals surface area contributed by atoms with Crippen LogP contribution in [0.4, 0.5) is 11.4 Å². The van der Waals surface area contributed by atoms with Gasteiger partial charge >= 0.3 is 0 Å². The van der Waals surface area contributed by atoms with Gasteiger partial charge in [0.25, 0.3) is 11.6 Å². The van der Waals surface area contributed by atoms with Gasteiger partial charge in [-0.25, -0.2) is 5.43 Å². The van der Waals surface area contributed by atoms with Gasteiger partial charge in [-0.05, 0) is 68.3 Å². The molecule has 196 valence electrons. The SMILES string of the molecule is C=C=C=C.C=C=C=C=C=C.C=O.COc1ccc(NC(=O)C/C(C)=N/NC(=O)c2cccs2)c([N+](=O)[O-])c1. The molecule has 38 heavy (non-hydrogen) atoms. The van der Waals surface area contributed by atoms with Crippen LogP contribution in [0.2, 0.25) is 0 Å². The minimum atomic E-state index is -0.611. The number of anilines is 1. The summed E-state index contributed by atoms with van der Waals surface area (Å²) in [5, 5.41) is 19.2. The van der Waals surface area contributed by atoms with Crippen LogP contribution in [0.15, 0.2) is 102 Å². The molecular formula is C27H26N4O6S. The number of ether oxygens (including phenoxy) is 1. The number of carbonyl (C=O) groups excluding carboxylic acids is 3. The molecule has 1 aromatic carbocycles. The maximum Gasteiger partial charge on any atom is 0.296 e. The minimum absolute atomic E-state index is 0.0521. The Morgan fingerprint density at radius 2 is 1.68 bits per heavy atom. The summed E-state index contributed by atoms with van der Waals surface area (Å²) in [6.07, 6.45) is -0.131. The number of nitrogens with one attached hydrogen (secondary N) is 2. The van der Waals surface area contributed by atoms with Gasteiger partial charge in [0.15, 0.2) is 0 Å². The zero-order valence-electron chi connectivity index (χ0n) is 21.0. The van der Waals surface area contributed by atoms with Crippen molar-refractivity contribution in [3.8, 4) is 5.75 Å². The third-order valence-corrected chi connectivity index (χ3v) is 4.42. The van der Waals surface area contributed by atoms with Crippen LogP contribution in [0, 0.1) is 10.1 Å². The second kappa shape index (κ2) is 22.1. The highest BCUT2D eigenvalue weighted by Gasteiger charge is 2.17. The normalized spacial score (nSPS) is 8.42. The van der Waals surface area contributed by atoms with E-state index in [9.17, 15) is 19.7 Å². The number of nitro benzene ring substituents is 1. The molecule has 0 aliphatic heterocycles. The molecule has 0 fully saturated rings. The number of nitro groups is 1. The van der Waals surface area contributed by atoms with Gasteiger partial charge in [0.2, 0.25) is 5.91 Å². The monoisotopic (exact) mass is 534 g/mol. The standard InChI is InChI=1S/C16H16N4O5S.C6H4.C4H4.CH2O/c1-10(18-19-16(22)14-4-3-7-26-14)8-15(21)17-12-6-5-11(25-2)9-13(12)20(23)24;1-3-5-6-4-2;1-3-4-2;1-2/h3-7,9H,8H2,1-2H3,(H,17,21)(H,19,22);1-2H2;1-2H2;1H2/b18-10+;;;. The van der Waals surface area contributed by atoms with Crippen LogP contribution in [0.5, 0.6) is 5.75 Å². The molecule has 0 radical (unpaired) electrons. The summed E-state index contributed by atoms with van der Waals surface area (Å²) >= 11 is 1.27. The first kappa shape index (κ1) is 34.7. The van der Waals surface area contributed by atoms with Crippen LogP contribution in [-0.2, 0) is 9.59 Å². The number of hydrazone groups is 1. The van der Waals surface area contributed by atoms with Crippen molar-refractivity contribution in [1.29, 1.82) is 0 Å². The van der Waals surface area contributed by atoms with Gasteiger partial charge in [0.05, 0.1) is 29.4 Å². The molecule has 0 saturated carbocycles. The van der Waals surface area contributed by atoms with E-state index in [4.69, 9.17) is 9.53 Å². The quantitative estimate of drug-likeness (QED) is 0.218. The third kappa shape index (κ3) is 15.5. The maximum absolute atomic E-state index is 12.1. The van der Waals surface area contributed by atoms with Crippen molar-refractivity contribution in [3.05, 3.63) is 111 Å². The van der Waals surface area contributed by atoms with Crippen molar-refractivity contribution in [2.75, 3.05) is 12.4 Å². The van der Waals surface area contributed by atoms with E-state index in [1.54, 1.807) is 24.4 Å². The second-order valence-electron chi connectivity index (χ2n) is 6.09. The molecule has 11 heteroatoms. The fraction of sp³-hybridized carbons (Fsp3) is 0.111. The molecule has 1 heterocycles. The fourth-order valence-corrected chi connectivity index (χ4v) is 2.67. The lowest BCUT2D eigenvalue weighted by molar-refractivity contribution is -0.384. The lowest BCUT2D eigenvalue weighted by atomic mass is 10.2. The summed E-state index contributed by atoms with van der Waals surface area (Å²) in [6, 6.07) is 7.51. The Labute approximate surface area is 224 Å². The predicted octanol–water partition coefficient (Wildman–Crippen LogP) is 5.15. The molecule has 2 rings (SSSR count). The number of hydrogen-bond donors (Lipinski definition) is 2. The summed E-state index contributed by atoms with van der Waals surface area (Å²) < 4.78 is 4.94. The average Bonchev–Trinajstić information content (AvgIpc) is 3.47. The molecule has 2 amide bonds. The van der Waals surface area contributed by atoms with Gasteiger partial charge < -0.3 is 14.8 Å². The lowest BCUT2D eigenvalue weighted by Crippen LogP contribution is -2.21. The largest absolute Gasteiger partial charge is 0.496 e. The van der Waals surface area contributed by atoms with E-state index in [1.165, 1.54) is 36.6 Å². The zero-order chi connectivity index (χ0) is 29.3. The number of benzene rings is 1. The van der Waals surface area contributed by atoms with Gasteiger partial charge in [0, 0.05) is 5.71 Å². The molecule has 0 unspecified atom stereocenters. The highest BCUT2D eigenvalue weighted by molar-refractivity contribution is 7.12. The Balaban J connectivity index is 0. The number of hydrogen-bond acceptors (Lipinski definition) is 8. The van der Waals surface area contributed by atoms with Crippen LogP contribution in [-0.4, -0.2) is 36.3 Å². The molecule has 1 aromatic heterocycles. The van der Waals surface area contributed by atoms with Crippen molar-refractivity contribution in [2.45, 2.75) is 13.3 Å². The van der Waals surface area contributed by atoms with Crippen molar-refractivity contribution >= 4 is 47.0 Å². The van der Waals surface area contributed by atoms with Crippen molar-refractivity contribution < 1.29 is 24.0 Å². The van der Waals surface area contributed by atoms with E-state index in [0.717, 1.165) is 0 Å². The minimum Gasteiger partial charge on any atom is -0.496 e. The first-order valence-electron chi connectivity index (χ1n) is 10.1. The van der Waals surface area contributed by atoms with Gasteiger partial charge in [-0.15, -0.1) is 11.3 Å². The first-order chi connectivity index (χ1) is 18.2. The highest BCUT2D eigenvalue weighted by Crippen LogP contribution is 2.29. The molecule has 0 aliphatic rings. The van der Waals surface area contributed by atoms with E-state index in [-0.39, 0.29) is 23.7 Å². The molecule has 0 atom stereocenters. The van der Waals surface area contributed by atoms with E-state index in [2.05, 4.69) is 76.5 Å². The highest BCUT2D eigenvalue weighted by atomic mass is 32.1. The summed E-state index contributed by atoms with van der Waals surface area (Å²) in [6.45, 7) is 16.4. The molecule has 2 aromatic rings. The van der Waals surface area contributed by atoms with Crippen LogP contribution in [0.3, 0.4) is 0 Å².